The third kappa shape index (κ3) is 0.500. The first-order chi connectivity index (χ1) is 4.92. The topological polar surface area (TPSA) is 43.3 Å². The van der Waals surface area contributed by atoms with E-state index in [1.807, 2.05) is 0 Å². The molecule has 4 nitrogen and oxygen atoms in total. The number of imidazole rings is 1. The van der Waals surface area contributed by atoms with Gasteiger partial charge in [-0.2, -0.15) is 0 Å². The molecule has 0 fully saturated rings. The van der Waals surface area contributed by atoms with Crippen LogP contribution in [0.5, 0.6) is 0 Å². The van der Waals surface area contributed by atoms with Crippen LogP contribution in [0.1, 0.15) is 5.69 Å². The number of hydrogen-bond donors (Lipinski definition) is 0. The van der Waals surface area contributed by atoms with Gasteiger partial charge in [-0.25, -0.2) is 4.98 Å². The molecule has 0 aliphatic heterocycles. The molecular formula is C6H5N3O. The summed E-state index contributed by atoms with van der Waals surface area (Å²) in [5.74, 6) is 0. The summed E-state index contributed by atoms with van der Waals surface area (Å²) in [5, 5.41) is 3.57. The zero-order valence-corrected chi connectivity index (χ0v) is 5.19. The van der Waals surface area contributed by atoms with Crippen molar-refractivity contribution in [3.05, 3.63) is 24.9 Å². The summed E-state index contributed by atoms with van der Waals surface area (Å²) in [6.45, 7) is 3.57. The number of nitrogens with zero attached hydrogens (tertiary/aromatic N) is 3. The predicted molar refractivity (Wildman–Crippen MR) is 35.3 cm³/mol. The van der Waals surface area contributed by atoms with E-state index in [9.17, 15) is 0 Å². The molecule has 0 saturated heterocycles. The Morgan fingerprint density at radius 2 is 2.50 bits per heavy atom. The minimum absolute atomic E-state index is 0.634. The van der Waals surface area contributed by atoms with Gasteiger partial charge in [-0.1, -0.05) is 11.7 Å². The van der Waals surface area contributed by atoms with Crippen LogP contribution in [0.15, 0.2) is 23.8 Å². The normalized spacial score (nSPS) is 10.4. The molecule has 0 aromatic carbocycles. The lowest BCUT2D eigenvalue weighted by molar-refractivity contribution is 0.454. The molecule has 0 spiro atoms. The van der Waals surface area contributed by atoms with Crippen LogP contribution >= 0.6 is 0 Å². The van der Waals surface area contributed by atoms with Crippen LogP contribution in [0.4, 0.5) is 0 Å². The molecule has 0 atom stereocenters. The molecule has 0 saturated carbocycles. The van der Waals surface area contributed by atoms with Crippen LogP contribution in [0.3, 0.4) is 0 Å². The summed E-state index contributed by atoms with van der Waals surface area (Å²) < 4.78 is 6.55. The lowest BCUT2D eigenvalue weighted by Gasteiger charge is -1.75. The van der Waals surface area contributed by atoms with Gasteiger partial charge in [0.05, 0.1) is 0 Å². The van der Waals surface area contributed by atoms with Crippen molar-refractivity contribution >= 4 is 11.8 Å². The Morgan fingerprint density at radius 3 is 3.30 bits per heavy atom. The quantitative estimate of drug-likeness (QED) is 0.585. The second kappa shape index (κ2) is 1.70. The first-order valence-electron chi connectivity index (χ1n) is 2.81. The molecule has 2 aromatic heterocycles. The molecule has 2 rings (SSSR count). The maximum absolute atomic E-state index is 4.86. The van der Waals surface area contributed by atoms with Gasteiger partial charge in [0, 0.05) is 0 Å². The monoisotopic (exact) mass is 135 g/mol. The van der Waals surface area contributed by atoms with E-state index >= 15 is 0 Å². The van der Waals surface area contributed by atoms with Crippen molar-refractivity contribution in [1.29, 1.82) is 0 Å². The highest BCUT2D eigenvalue weighted by Gasteiger charge is 2.02. The van der Waals surface area contributed by atoms with E-state index in [0.717, 1.165) is 5.69 Å². The first kappa shape index (κ1) is 5.22. The lowest BCUT2D eigenvalue weighted by Crippen LogP contribution is -1.68. The van der Waals surface area contributed by atoms with Gasteiger partial charge in [0.25, 0.3) is 5.71 Å². The Labute approximate surface area is 56.8 Å². The molecule has 0 unspecified atom stereocenters. The Balaban J connectivity index is 2.88. The second-order valence-electron chi connectivity index (χ2n) is 1.86. The van der Waals surface area contributed by atoms with Crippen molar-refractivity contribution in [2.45, 2.75) is 0 Å². The lowest BCUT2D eigenvalue weighted by atomic mass is 10.5. The van der Waals surface area contributed by atoms with Crippen LogP contribution in [-0.4, -0.2) is 14.5 Å². The fourth-order valence-corrected chi connectivity index (χ4v) is 0.805. The molecule has 10 heavy (non-hydrogen) atoms. The summed E-state index contributed by atoms with van der Waals surface area (Å²) >= 11 is 0. The van der Waals surface area contributed by atoms with Crippen LogP contribution in [-0.2, 0) is 0 Å². The zero-order chi connectivity index (χ0) is 6.97. The first-order valence-corrected chi connectivity index (χ1v) is 2.81. The van der Waals surface area contributed by atoms with Crippen LogP contribution in [0, 0.1) is 0 Å². The summed E-state index contributed by atoms with van der Waals surface area (Å²) in [6.07, 6.45) is 4.80. The van der Waals surface area contributed by atoms with Crippen molar-refractivity contribution in [3.63, 3.8) is 0 Å². The van der Waals surface area contributed by atoms with E-state index in [1.165, 1.54) is 0 Å². The standard InChI is InChI=1S/C6H5N3O/c1-2-5-6-9(3-7-5)4-8-10-6/h2-4H,1H2. The molecule has 0 bridgehead atoms. The minimum atomic E-state index is 0.634. The number of rotatable bonds is 1. The molecule has 0 aliphatic carbocycles. The van der Waals surface area contributed by atoms with Crippen molar-refractivity contribution < 1.29 is 4.52 Å². The number of hydrogen-bond acceptors (Lipinski definition) is 3. The minimum Gasteiger partial charge on any atom is -0.334 e. The van der Waals surface area contributed by atoms with Crippen molar-refractivity contribution in [1.82, 2.24) is 14.5 Å². The second-order valence-corrected chi connectivity index (χ2v) is 1.86. The van der Waals surface area contributed by atoms with Crippen molar-refractivity contribution in [2.75, 3.05) is 0 Å². The van der Waals surface area contributed by atoms with Gasteiger partial charge in [0.15, 0.2) is 0 Å². The summed E-state index contributed by atoms with van der Waals surface area (Å²) in [4.78, 5) is 3.98. The van der Waals surface area contributed by atoms with Gasteiger partial charge < -0.3 is 4.52 Å². The molecule has 0 aliphatic rings. The van der Waals surface area contributed by atoms with E-state index in [0.29, 0.717) is 5.71 Å². The van der Waals surface area contributed by atoms with Crippen LogP contribution in [0.25, 0.3) is 11.8 Å². The fraction of sp³-hybridized carbons (Fsp3) is 0. The Bertz CT molecular complexity index is 360. The predicted octanol–water partition coefficient (Wildman–Crippen LogP) is 0.965. The van der Waals surface area contributed by atoms with Gasteiger partial charge in [-0.05, 0) is 6.08 Å². The highest BCUT2D eigenvalue weighted by atomic mass is 16.5. The molecular weight excluding hydrogens is 130 g/mol. The highest BCUT2D eigenvalue weighted by Crippen LogP contribution is 2.07. The fourth-order valence-electron chi connectivity index (χ4n) is 0.805. The van der Waals surface area contributed by atoms with Crippen molar-refractivity contribution in [3.8, 4) is 0 Å². The third-order valence-corrected chi connectivity index (χ3v) is 1.28. The Hall–Kier alpha value is -1.58. The maximum Gasteiger partial charge on any atom is 0.262 e. The smallest absolute Gasteiger partial charge is 0.262 e. The Morgan fingerprint density at radius 1 is 1.60 bits per heavy atom. The molecule has 0 amide bonds. The van der Waals surface area contributed by atoms with Crippen molar-refractivity contribution in [2.24, 2.45) is 0 Å². The summed E-state index contributed by atoms with van der Waals surface area (Å²) in [6, 6.07) is 0. The maximum atomic E-state index is 4.86. The van der Waals surface area contributed by atoms with E-state index in [-0.39, 0.29) is 0 Å². The third-order valence-electron chi connectivity index (χ3n) is 1.28. The number of aromatic nitrogens is 3. The van der Waals surface area contributed by atoms with Gasteiger partial charge >= 0.3 is 0 Å². The highest BCUT2D eigenvalue weighted by molar-refractivity contribution is 5.58. The molecule has 2 heterocycles. The van der Waals surface area contributed by atoms with Gasteiger partial charge in [0.1, 0.15) is 18.3 Å². The van der Waals surface area contributed by atoms with Gasteiger partial charge in [0.2, 0.25) is 0 Å². The molecule has 0 radical (unpaired) electrons. The van der Waals surface area contributed by atoms with Gasteiger partial charge in [-0.15, -0.1) is 0 Å². The molecule has 0 N–H and O–H groups in total. The SMILES string of the molecule is C=Cc1ncn2cnoc12. The largest absolute Gasteiger partial charge is 0.334 e. The van der Waals surface area contributed by atoms with Crippen LogP contribution in [0.2, 0.25) is 0 Å². The number of fused-ring (bicyclic) bond motifs is 1. The Kier molecular flexibility index (Phi) is 0.887. The summed E-state index contributed by atoms with van der Waals surface area (Å²) in [5.41, 5.74) is 1.35. The summed E-state index contributed by atoms with van der Waals surface area (Å²) in [7, 11) is 0. The van der Waals surface area contributed by atoms with Gasteiger partial charge in [-0.3, -0.25) is 4.40 Å². The van der Waals surface area contributed by atoms with Crippen LogP contribution < -0.4 is 0 Å². The average molecular weight is 135 g/mol. The van der Waals surface area contributed by atoms with E-state index < -0.39 is 0 Å². The molecule has 4 heteroatoms. The van der Waals surface area contributed by atoms with E-state index in [1.54, 1.807) is 23.1 Å². The molecule has 2 aromatic rings. The zero-order valence-electron chi connectivity index (χ0n) is 5.19. The molecule has 50 valence electrons. The average Bonchev–Trinajstić information content (AvgIpc) is 2.44. The van der Waals surface area contributed by atoms with E-state index in [4.69, 9.17) is 4.52 Å². The van der Waals surface area contributed by atoms with E-state index in [2.05, 4.69) is 16.7 Å².